The Hall–Kier alpha value is -3.07. The molecule has 4 aromatic rings. The number of anilines is 2. The van der Waals surface area contributed by atoms with Crippen LogP contribution in [0.25, 0.3) is 22.2 Å². The van der Waals surface area contributed by atoms with Gasteiger partial charge in [-0.25, -0.2) is 0 Å². The van der Waals surface area contributed by atoms with E-state index in [1.165, 1.54) is 0 Å². The van der Waals surface area contributed by atoms with E-state index in [2.05, 4.69) is 22.4 Å². The Kier molecular flexibility index (Phi) is 3.09. The van der Waals surface area contributed by atoms with Crippen LogP contribution in [-0.4, -0.2) is 4.98 Å². The number of pyridine rings is 1. The van der Waals surface area contributed by atoms with Crippen LogP contribution < -0.4 is 5.32 Å². The van der Waals surface area contributed by atoms with E-state index in [1.54, 1.807) is 6.26 Å². The summed E-state index contributed by atoms with van der Waals surface area (Å²) in [5.41, 5.74) is 4.07. The van der Waals surface area contributed by atoms with Gasteiger partial charge >= 0.3 is 0 Å². The lowest BCUT2D eigenvalue weighted by Gasteiger charge is -2.10. The molecule has 1 N–H and O–H groups in total. The van der Waals surface area contributed by atoms with Crippen molar-refractivity contribution in [2.24, 2.45) is 0 Å². The number of benzene rings is 2. The summed E-state index contributed by atoms with van der Waals surface area (Å²) < 4.78 is 5.45. The summed E-state index contributed by atoms with van der Waals surface area (Å²) in [6.07, 6.45) is 3.50. The molecule has 0 radical (unpaired) electrons. The second-order valence-corrected chi connectivity index (χ2v) is 5.06. The van der Waals surface area contributed by atoms with Gasteiger partial charge in [-0.2, -0.15) is 0 Å². The van der Waals surface area contributed by atoms with E-state index < -0.39 is 0 Å². The molecule has 0 saturated carbocycles. The van der Waals surface area contributed by atoms with Crippen LogP contribution in [0.15, 0.2) is 83.6 Å². The second-order valence-electron chi connectivity index (χ2n) is 5.06. The maximum atomic E-state index is 5.45. The highest BCUT2D eigenvalue weighted by Crippen LogP contribution is 2.29. The van der Waals surface area contributed by atoms with Crippen LogP contribution in [0.5, 0.6) is 0 Å². The first-order valence-corrected chi connectivity index (χ1v) is 7.15. The normalized spacial score (nSPS) is 10.7. The third-order valence-electron chi connectivity index (χ3n) is 3.60. The average molecular weight is 286 g/mol. The van der Waals surface area contributed by atoms with Crippen LogP contribution in [0.2, 0.25) is 0 Å². The van der Waals surface area contributed by atoms with E-state index in [9.17, 15) is 0 Å². The maximum Gasteiger partial charge on any atom is 0.133 e. The largest absolute Gasteiger partial charge is 0.464 e. The van der Waals surface area contributed by atoms with Crippen molar-refractivity contribution < 1.29 is 4.42 Å². The number of nitrogens with one attached hydrogen (secondary N) is 1. The summed E-state index contributed by atoms with van der Waals surface area (Å²) in [4.78, 5) is 4.47. The summed E-state index contributed by atoms with van der Waals surface area (Å²) >= 11 is 0. The molecule has 0 unspecified atom stereocenters. The predicted octanol–water partition coefficient (Wildman–Crippen LogP) is 5.24. The lowest BCUT2D eigenvalue weighted by molar-refractivity contribution is 0.582. The molecule has 0 aliphatic carbocycles. The van der Waals surface area contributed by atoms with Gasteiger partial charge in [-0.3, -0.25) is 4.98 Å². The lowest BCUT2D eigenvalue weighted by Crippen LogP contribution is -1.92. The van der Waals surface area contributed by atoms with Gasteiger partial charge in [0.05, 0.1) is 11.8 Å². The fraction of sp³-hybridized carbons (Fsp3) is 0. The van der Waals surface area contributed by atoms with E-state index in [0.717, 1.165) is 33.6 Å². The van der Waals surface area contributed by atoms with Gasteiger partial charge < -0.3 is 9.73 Å². The van der Waals surface area contributed by atoms with E-state index in [0.29, 0.717) is 0 Å². The molecule has 2 aromatic heterocycles. The smallest absolute Gasteiger partial charge is 0.133 e. The number of nitrogens with zero attached hydrogens (tertiary/aromatic N) is 1. The zero-order valence-corrected chi connectivity index (χ0v) is 11.9. The molecular formula is C19H14N2O. The van der Waals surface area contributed by atoms with Crippen molar-refractivity contribution in [1.29, 1.82) is 0 Å². The van der Waals surface area contributed by atoms with Crippen molar-refractivity contribution in [2.75, 3.05) is 5.32 Å². The number of aromatic nitrogens is 1. The van der Waals surface area contributed by atoms with Crippen molar-refractivity contribution in [3.63, 3.8) is 0 Å². The van der Waals surface area contributed by atoms with Crippen molar-refractivity contribution >= 4 is 22.3 Å². The summed E-state index contributed by atoms with van der Waals surface area (Å²) in [6, 6.07) is 22.1. The summed E-state index contributed by atoms with van der Waals surface area (Å²) in [5, 5.41) is 4.52. The highest BCUT2D eigenvalue weighted by Gasteiger charge is 2.06. The number of rotatable bonds is 3. The summed E-state index contributed by atoms with van der Waals surface area (Å²) in [7, 11) is 0. The Morgan fingerprint density at radius 3 is 2.59 bits per heavy atom. The van der Waals surface area contributed by atoms with Crippen molar-refractivity contribution in [3.8, 4) is 11.3 Å². The zero-order valence-electron chi connectivity index (χ0n) is 11.9. The van der Waals surface area contributed by atoms with Gasteiger partial charge in [-0.15, -0.1) is 0 Å². The molecule has 0 aliphatic heterocycles. The molecule has 106 valence electrons. The van der Waals surface area contributed by atoms with Crippen molar-refractivity contribution in [2.45, 2.75) is 0 Å². The highest BCUT2D eigenvalue weighted by atomic mass is 16.3. The van der Waals surface area contributed by atoms with Crippen LogP contribution in [0, 0.1) is 0 Å². The lowest BCUT2D eigenvalue weighted by atomic mass is 10.1. The standard InChI is InChI=1S/C19H14N2O/c1-2-5-15(6-3-1)21-17-10-11-20-18-13-14(8-9-16(17)18)19-7-4-12-22-19/h1-13H,(H,20,21). The molecule has 0 fully saturated rings. The maximum absolute atomic E-state index is 5.45. The Bertz CT molecular complexity index is 899. The number of hydrogen-bond acceptors (Lipinski definition) is 3. The van der Waals surface area contributed by atoms with E-state index >= 15 is 0 Å². The molecule has 0 aliphatic rings. The Labute approximate surface area is 128 Å². The SMILES string of the molecule is c1ccc(Nc2ccnc3cc(-c4ccco4)ccc23)cc1. The molecule has 0 amide bonds. The quantitative estimate of drug-likeness (QED) is 0.559. The highest BCUT2D eigenvalue weighted by molar-refractivity contribution is 5.94. The van der Waals surface area contributed by atoms with Crippen LogP contribution in [-0.2, 0) is 0 Å². The van der Waals surface area contributed by atoms with Gasteiger partial charge in [0.2, 0.25) is 0 Å². The van der Waals surface area contributed by atoms with Gasteiger partial charge in [-0.1, -0.05) is 24.3 Å². The molecule has 3 nitrogen and oxygen atoms in total. The molecule has 0 atom stereocenters. The van der Waals surface area contributed by atoms with E-state index in [4.69, 9.17) is 4.42 Å². The zero-order chi connectivity index (χ0) is 14.8. The Balaban J connectivity index is 1.77. The fourth-order valence-electron chi connectivity index (χ4n) is 2.53. The van der Waals surface area contributed by atoms with Crippen LogP contribution in [0.3, 0.4) is 0 Å². The summed E-state index contributed by atoms with van der Waals surface area (Å²) in [6.45, 7) is 0. The van der Waals surface area contributed by atoms with Gasteiger partial charge in [0.15, 0.2) is 0 Å². The molecule has 2 heterocycles. The molecule has 2 aromatic carbocycles. The predicted molar refractivity (Wildman–Crippen MR) is 89.2 cm³/mol. The Morgan fingerprint density at radius 2 is 1.77 bits per heavy atom. The van der Waals surface area contributed by atoms with E-state index in [-0.39, 0.29) is 0 Å². The minimum absolute atomic E-state index is 0.852. The molecular weight excluding hydrogens is 272 g/mol. The van der Waals surface area contributed by atoms with Gasteiger partial charge in [0.1, 0.15) is 5.76 Å². The van der Waals surface area contributed by atoms with Gasteiger partial charge in [0.25, 0.3) is 0 Å². The van der Waals surface area contributed by atoms with Crippen molar-refractivity contribution in [3.05, 3.63) is 79.2 Å². The molecule has 3 heteroatoms. The van der Waals surface area contributed by atoms with Crippen LogP contribution in [0.1, 0.15) is 0 Å². The first-order valence-electron chi connectivity index (χ1n) is 7.15. The topological polar surface area (TPSA) is 38.1 Å². The van der Waals surface area contributed by atoms with E-state index in [1.807, 2.05) is 60.8 Å². The number of hydrogen-bond donors (Lipinski definition) is 1. The molecule has 4 rings (SSSR count). The van der Waals surface area contributed by atoms with Crippen LogP contribution >= 0.6 is 0 Å². The minimum Gasteiger partial charge on any atom is -0.464 e. The second kappa shape index (κ2) is 5.37. The third kappa shape index (κ3) is 2.33. The first-order chi connectivity index (χ1) is 10.9. The molecule has 0 spiro atoms. The van der Waals surface area contributed by atoms with Gasteiger partial charge in [-0.05, 0) is 42.5 Å². The monoisotopic (exact) mass is 286 g/mol. The average Bonchev–Trinajstić information content (AvgIpc) is 3.10. The van der Waals surface area contributed by atoms with Crippen LogP contribution in [0.4, 0.5) is 11.4 Å². The van der Waals surface area contributed by atoms with Gasteiger partial charge in [0, 0.05) is 28.5 Å². The Morgan fingerprint density at radius 1 is 0.864 bits per heavy atom. The number of furan rings is 1. The number of fused-ring (bicyclic) bond motifs is 1. The molecule has 0 bridgehead atoms. The summed E-state index contributed by atoms with van der Waals surface area (Å²) in [5.74, 6) is 0.852. The molecule has 0 saturated heterocycles. The first kappa shape index (κ1) is 12.7. The van der Waals surface area contributed by atoms with Crippen molar-refractivity contribution in [1.82, 2.24) is 4.98 Å². The minimum atomic E-state index is 0.852. The third-order valence-corrected chi connectivity index (χ3v) is 3.60. The fourth-order valence-corrected chi connectivity index (χ4v) is 2.53. The molecule has 22 heavy (non-hydrogen) atoms. The number of para-hydroxylation sites is 1.